The highest BCUT2D eigenvalue weighted by Crippen LogP contribution is 2.47. The predicted octanol–water partition coefficient (Wildman–Crippen LogP) is 17.0. The fourth-order valence-electron chi connectivity index (χ4n) is 12.2. The first-order chi connectivity index (χ1) is 35.9. The van der Waals surface area contributed by atoms with Crippen molar-refractivity contribution in [1.82, 2.24) is 4.90 Å². The maximum Gasteiger partial charge on any atom is 0.0735 e. The van der Waals surface area contributed by atoms with Crippen molar-refractivity contribution in [3.63, 3.8) is 0 Å². The van der Waals surface area contributed by atoms with E-state index in [2.05, 4.69) is 226 Å². The second kappa shape index (κ2) is 21.1. The zero-order valence-corrected chi connectivity index (χ0v) is 42.4. The van der Waals surface area contributed by atoms with Gasteiger partial charge in [-0.3, -0.25) is 9.98 Å². The Morgan fingerprint density at radius 2 is 1.47 bits per heavy atom. The normalized spacial score (nSPS) is 22.1. The third-order valence-electron chi connectivity index (χ3n) is 15.8. The lowest BCUT2D eigenvalue weighted by Crippen LogP contribution is -2.39. The Kier molecular flexibility index (Phi) is 13.7. The number of nitrogens with zero attached hydrogens (tertiary/aromatic N) is 3. The van der Waals surface area contributed by atoms with E-state index >= 15 is 0 Å². The summed E-state index contributed by atoms with van der Waals surface area (Å²) in [5, 5.41) is 5.04. The number of hydrogen-bond acceptors (Lipinski definition) is 4. The molecule has 3 aliphatic carbocycles. The molecule has 11 rings (SSSR count). The minimum Gasteiger partial charge on any atom is -0.397 e. The van der Waals surface area contributed by atoms with Crippen LogP contribution in [-0.4, -0.2) is 28.4 Å². The highest BCUT2D eigenvalue weighted by atomic mass is 15.2. The molecule has 5 aliphatic rings. The maximum atomic E-state index is 7.38. The van der Waals surface area contributed by atoms with E-state index in [-0.39, 0.29) is 35.8 Å². The summed E-state index contributed by atoms with van der Waals surface area (Å²) in [6.45, 7) is 13.8. The number of rotatable bonds is 14. The Bertz CT molecular complexity index is 3360. The molecule has 2 aliphatic heterocycles. The summed E-state index contributed by atoms with van der Waals surface area (Å²) in [5.74, 6) is 0.685. The van der Waals surface area contributed by atoms with Crippen LogP contribution in [0.15, 0.2) is 246 Å². The van der Waals surface area contributed by atoms with Crippen molar-refractivity contribution in [2.24, 2.45) is 33.5 Å². The van der Waals surface area contributed by atoms with Crippen molar-refractivity contribution in [2.75, 3.05) is 0 Å². The molecule has 2 bridgehead atoms. The smallest absolute Gasteiger partial charge is 0.0735 e. The summed E-state index contributed by atoms with van der Waals surface area (Å²) >= 11 is 0. The summed E-state index contributed by atoms with van der Waals surface area (Å²) < 4.78 is 0. The van der Waals surface area contributed by atoms with Crippen LogP contribution in [0, 0.1) is 17.8 Å². The van der Waals surface area contributed by atoms with Gasteiger partial charge in [-0.2, -0.15) is 0 Å². The average Bonchev–Trinajstić information content (AvgIpc) is 3.59. The Balaban J connectivity index is 0.995. The molecule has 4 heteroatoms. The zero-order valence-electron chi connectivity index (χ0n) is 42.4. The van der Waals surface area contributed by atoms with Crippen molar-refractivity contribution in [1.29, 1.82) is 0 Å². The SMILES string of the molecule is C=CC1C=CC=CC1C(C)N(C(=C)c1cccc(-c2c3ccccc3c(C3C=CC(C4=NC(/C=C\CCC)CC5=NC6=C(C=CCC6)C4C5)=CC3)c3ccccc23)c1)/C(=C(\N)c1ccccc1)c1ccccc1. The van der Waals surface area contributed by atoms with Crippen LogP contribution in [0.4, 0.5) is 0 Å². The van der Waals surface area contributed by atoms with Crippen LogP contribution in [0.2, 0.25) is 0 Å². The minimum absolute atomic E-state index is 0.0526. The number of nitrogens with two attached hydrogens (primary N) is 1. The summed E-state index contributed by atoms with van der Waals surface area (Å²) in [4.78, 5) is 13.2. The van der Waals surface area contributed by atoms with Crippen LogP contribution in [0.5, 0.6) is 0 Å². The molecule has 0 saturated carbocycles. The van der Waals surface area contributed by atoms with Crippen molar-refractivity contribution >= 4 is 50.1 Å². The highest BCUT2D eigenvalue weighted by Gasteiger charge is 2.36. The van der Waals surface area contributed by atoms with Crippen LogP contribution in [0.3, 0.4) is 0 Å². The minimum atomic E-state index is -0.0526. The number of aliphatic imine (C=N–C) groups is 2. The van der Waals surface area contributed by atoms with E-state index in [4.69, 9.17) is 22.3 Å². The van der Waals surface area contributed by atoms with Crippen molar-refractivity contribution in [3.8, 4) is 11.1 Å². The molecule has 0 radical (unpaired) electrons. The Hall–Kier alpha value is -7.82. The lowest BCUT2D eigenvalue weighted by atomic mass is 9.77. The predicted molar refractivity (Wildman–Crippen MR) is 312 cm³/mol. The van der Waals surface area contributed by atoms with Gasteiger partial charge < -0.3 is 10.6 Å². The van der Waals surface area contributed by atoms with E-state index < -0.39 is 0 Å². The van der Waals surface area contributed by atoms with Crippen LogP contribution < -0.4 is 5.73 Å². The van der Waals surface area contributed by atoms with E-state index in [1.54, 1.807) is 0 Å². The van der Waals surface area contributed by atoms with Gasteiger partial charge in [-0.25, -0.2) is 0 Å². The molecule has 73 heavy (non-hydrogen) atoms. The molecule has 0 amide bonds. The number of fused-ring (bicyclic) bond motifs is 5. The van der Waals surface area contributed by atoms with Gasteiger partial charge in [0, 0.05) is 58.8 Å². The molecular weight excluding hydrogens is 885 g/mol. The molecule has 0 fully saturated rings. The summed E-state index contributed by atoms with van der Waals surface area (Å²) in [5.41, 5.74) is 23.1. The van der Waals surface area contributed by atoms with Gasteiger partial charge in [0.05, 0.1) is 23.1 Å². The lowest BCUT2D eigenvalue weighted by Gasteiger charge is -2.41. The topological polar surface area (TPSA) is 54.0 Å². The van der Waals surface area contributed by atoms with Crippen LogP contribution in [0.25, 0.3) is 49.8 Å². The summed E-state index contributed by atoms with van der Waals surface area (Å²) in [7, 11) is 0. The molecule has 4 nitrogen and oxygen atoms in total. The molecule has 2 heterocycles. The highest BCUT2D eigenvalue weighted by molar-refractivity contribution is 6.16. The maximum absolute atomic E-state index is 7.38. The third kappa shape index (κ3) is 9.32. The van der Waals surface area contributed by atoms with Crippen LogP contribution >= 0.6 is 0 Å². The summed E-state index contributed by atoms with van der Waals surface area (Å²) in [6, 6.07) is 48.0. The fraction of sp³-hybridized carbons (Fsp3) is 0.217. The number of hydrogen-bond donors (Lipinski definition) is 1. The van der Waals surface area contributed by atoms with Gasteiger partial charge in [-0.15, -0.1) is 6.58 Å². The first kappa shape index (κ1) is 47.5. The first-order valence-corrected chi connectivity index (χ1v) is 26.6. The van der Waals surface area contributed by atoms with Gasteiger partial charge in [0.1, 0.15) is 0 Å². The second-order valence-corrected chi connectivity index (χ2v) is 20.3. The molecular formula is C69H66N4. The Morgan fingerprint density at radius 1 is 0.781 bits per heavy atom. The van der Waals surface area contributed by atoms with Gasteiger partial charge in [0.2, 0.25) is 0 Å². The Labute approximate surface area is 432 Å². The van der Waals surface area contributed by atoms with Gasteiger partial charge in [-0.05, 0) is 106 Å². The molecule has 0 aromatic heterocycles. The van der Waals surface area contributed by atoms with E-state index in [1.807, 2.05) is 6.07 Å². The first-order valence-electron chi connectivity index (χ1n) is 26.6. The molecule has 6 atom stereocenters. The molecule has 6 aromatic rings. The number of benzene rings is 6. The monoisotopic (exact) mass is 951 g/mol. The molecule has 2 N–H and O–H groups in total. The van der Waals surface area contributed by atoms with E-state index in [9.17, 15) is 0 Å². The molecule has 0 saturated heterocycles. The second-order valence-electron chi connectivity index (χ2n) is 20.3. The van der Waals surface area contributed by atoms with E-state index in [0.29, 0.717) is 5.70 Å². The quantitative estimate of drug-likeness (QED) is 0.0672. The molecule has 362 valence electrons. The van der Waals surface area contributed by atoms with Gasteiger partial charge >= 0.3 is 0 Å². The fourth-order valence-corrected chi connectivity index (χ4v) is 12.2. The van der Waals surface area contributed by atoms with Crippen molar-refractivity contribution < 1.29 is 0 Å². The van der Waals surface area contributed by atoms with E-state index in [1.165, 1.54) is 60.9 Å². The standard InChI is InChI=1S/C69H66N4/c1-5-7-10-31-55-44-56-45-63(58-33-21-22-38-64(58)71-56)68(72-55)51-41-39-49(40-42-51)65-59-34-17-19-36-61(59)66(62-37-20-18-35-60(62)65)54-30-23-29-53(43-54)46(3)73(47(4)57-32-16-15-24-48(57)6-2)69(52-27-13-9-14-28-52)67(70)50-25-11-8-12-26-50/h6,8-21,23-37,39,41-43,47-49,55,57,63H,2-3,5,7,22,38,40,44-45,70H2,1,4H3/b31-10-,69-67-. The van der Waals surface area contributed by atoms with Gasteiger partial charge in [0.15, 0.2) is 0 Å². The largest absolute Gasteiger partial charge is 0.397 e. The molecule has 6 aromatic carbocycles. The lowest BCUT2D eigenvalue weighted by molar-refractivity contribution is 0.313. The summed E-state index contributed by atoms with van der Waals surface area (Å²) in [6.07, 6.45) is 34.6. The van der Waals surface area contributed by atoms with Crippen LogP contribution in [-0.2, 0) is 0 Å². The van der Waals surface area contributed by atoms with Gasteiger partial charge in [-0.1, -0.05) is 220 Å². The average molecular weight is 951 g/mol. The third-order valence-corrected chi connectivity index (χ3v) is 15.8. The van der Waals surface area contributed by atoms with Crippen LogP contribution in [0.1, 0.15) is 87.0 Å². The van der Waals surface area contributed by atoms with Gasteiger partial charge in [0.25, 0.3) is 0 Å². The Morgan fingerprint density at radius 3 is 2.16 bits per heavy atom. The number of allylic oxidation sites excluding steroid dienone is 13. The van der Waals surface area contributed by atoms with E-state index in [0.717, 1.165) is 78.6 Å². The zero-order chi connectivity index (χ0) is 49.8. The van der Waals surface area contributed by atoms with Crippen molar-refractivity contribution in [2.45, 2.75) is 76.8 Å². The number of unbranched alkanes of at least 4 members (excludes halogenated alkanes) is 1. The van der Waals surface area contributed by atoms with Crippen molar-refractivity contribution in [3.05, 3.63) is 259 Å². The molecule has 0 spiro atoms. The molecule has 6 unspecified atom stereocenters.